The predicted octanol–water partition coefficient (Wildman–Crippen LogP) is 2.88. The Labute approximate surface area is 171 Å². The molecule has 1 unspecified atom stereocenters. The summed E-state index contributed by atoms with van der Waals surface area (Å²) in [6.45, 7) is 0.883. The number of benzene rings is 2. The minimum absolute atomic E-state index is 0.0823. The number of nitrogens with zero attached hydrogens (tertiary/aromatic N) is 3. The molecule has 0 saturated heterocycles. The Kier molecular flexibility index (Phi) is 3.96. The maximum absolute atomic E-state index is 10.9. The van der Waals surface area contributed by atoms with Gasteiger partial charge in [-0.25, -0.2) is 9.97 Å². The van der Waals surface area contributed by atoms with Crippen LogP contribution in [0, 0.1) is 0 Å². The normalized spacial score (nSPS) is 21.5. The number of rotatable bonds is 3. The fraction of sp³-hybridized carbons (Fsp3) is 0.182. The number of nitrogen functional groups attached to an aromatic ring is 1. The zero-order valence-corrected chi connectivity index (χ0v) is 16.1. The zero-order chi connectivity index (χ0) is 21.0. The van der Waals surface area contributed by atoms with Gasteiger partial charge < -0.3 is 25.8 Å². The molecule has 5 N–H and O–H groups in total. The molecule has 0 bridgehead atoms. The molecule has 3 heterocycles. The number of aromatic nitrogens is 3. The maximum atomic E-state index is 10.9. The summed E-state index contributed by atoms with van der Waals surface area (Å²) >= 11 is 0. The van der Waals surface area contributed by atoms with E-state index in [1.54, 1.807) is 10.8 Å². The average Bonchev–Trinajstić information content (AvgIpc) is 3.24. The molecule has 0 spiro atoms. The molecule has 30 heavy (non-hydrogen) atoms. The summed E-state index contributed by atoms with van der Waals surface area (Å²) in [6.07, 6.45) is 2.07. The Bertz CT molecular complexity index is 1330. The monoisotopic (exact) mass is 404 g/mol. The molecule has 8 heteroatoms. The van der Waals surface area contributed by atoms with E-state index in [2.05, 4.69) is 9.97 Å². The molecule has 2 atom stereocenters. The molecule has 0 aliphatic carbocycles. The second-order valence-corrected chi connectivity index (χ2v) is 7.52. The standard InChI is InChI=1S/C22H20N4O4/c1-22(29)18(28)16(10-27)30-21(22)26-9-15(17-19(23)24-11-25-20(17)26)14-7-6-12-4-2-3-5-13(12)8-14/h2-9,11,21,27-29H,10H2,1H3,(H2,23,24,25)/t21-,22?/m1/s1. The highest BCUT2D eigenvalue weighted by Crippen LogP contribution is 2.44. The van der Waals surface area contributed by atoms with E-state index in [0.29, 0.717) is 16.9 Å². The van der Waals surface area contributed by atoms with Crippen LogP contribution in [0.2, 0.25) is 0 Å². The van der Waals surface area contributed by atoms with Crippen molar-refractivity contribution in [3.05, 3.63) is 66.5 Å². The van der Waals surface area contributed by atoms with Gasteiger partial charge in [-0.1, -0.05) is 36.4 Å². The van der Waals surface area contributed by atoms with Crippen LogP contribution in [0.1, 0.15) is 13.2 Å². The second kappa shape index (κ2) is 6.45. The van der Waals surface area contributed by atoms with Gasteiger partial charge in [-0.3, -0.25) is 4.57 Å². The van der Waals surface area contributed by atoms with Gasteiger partial charge in [0, 0.05) is 11.8 Å². The smallest absolute Gasteiger partial charge is 0.213 e. The topological polar surface area (TPSA) is 127 Å². The first-order valence-corrected chi connectivity index (χ1v) is 9.44. The van der Waals surface area contributed by atoms with E-state index in [1.165, 1.54) is 13.3 Å². The van der Waals surface area contributed by atoms with Crippen LogP contribution < -0.4 is 5.73 Å². The number of hydrogen-bond donors (Lipinski definition) is 4. The van der Waals surface area contributed by atoms with Crippen LogP contribution in [0.15, 0.2) is 66.5 Å². The van der Waals surface area contributed by atoms with Crippen molar-refractivity contribution in [3.8, 4) is 11.1 Å². The molecule has 1 aliphatic heterocycles. The summed E-state index contributed by atoms with van der Waals surface area (Å²) in [6, 6.07) is 14.1. The van der Waals surface area contributed by atoms with E-state index in [4.69, 9.17) is 10.5 Å². The zero-order valence-electron chi connectivity index (χ0n) is 16.1. The van der Waals surface area contributed by atoms with Gasteiger partial charge in [0.2, 0.25) is 6.23 Å². The van der Waals surface area contributed by atoms with E-state index < -0.39 is 24.2 Å². The maximum Gasteiger partial charge on any atom is 0.213 e. The highest BCUT2D eigenvalue weighted by molar-refractivity contribution is 6.02. The third-order valence-electron chi connectivity index (χ3n) is 5.57. The number of aliphatic hydroxyl groups is 3. The lowest BCUT2D eigenvalue weighted by molar-refractivity contribution is -0.0741. The van der Waals surface area contributed by atoms with Gasteiger partial charge >= 0.3 is 0 Å². The van der Waals surface area contributed by atoms with Gasteiger partial charge in [0.15, 0.2) is 17.1 Å². The fourth-order valence-electron chi connectivity index (χ4n) is 4.01. The molecule has 8 nitrogen and oxygen atoms in total. The van der Waals surface area contributed by atoms with Crippen molar-refractivity contribution >= 4 is 27.6 Å². The number of hydrogen-bond acceptors (Lipinski definition) is 7. The fourth-order valence-corrected chi connectivity index (χ4v) is 4.01. The Morgan fingerprint density at radius 1 is 1.17 bits per heavy atom. The summed E-state index contributed by atoms with van der Waals surface area (Å²) < 4.78 is 7.29. The van der Waals surface area contributed by atoms with E-state index >= 15 is 0 Å². The van der Waals surface area contributed by atoms with E-state index in [-0.39, 0.29) is 5.76 Å². The van der Waals surface area contributed by atoms with Gasteiger partial charge in [-0.05, 0) is 29.3 Å². The van der Waals surface area contributed by atoms with Gasteiger partial charge in [0.05, 0.1) is 5.39 Å². The van der Waals surface area contributed by atoms with Gasteiger partial charge in [0.1, 0.15) is 24.4 Å². The predicted molar refractivity (Wildman–Crippen MR) is 112 cm³/mol. The molecule has 2 aromatic heterocycles. The molecule has 0 saturated carbocycles. The third kappa shape index (κ3) is 2.54. The first kappa shape index (κ1) is 18.4. The molecule has 5 rings (SSSR count). The van der Waals surface area contributed by atoms with E-state index in [9.17, 15) is 15.3 Å². The summed E-state index contributed by atoms with van der Waals surface area (Å²) in [5.41, 5.74) is 6.56. The van der Waals surface area contributed by atoms with Crippen molar-refractivity contribution in [3.63, 3.8) is 0 Å². The molecule has 0 amide bonds. The molecule has 0 radical (unpaired) electrons. The van der Waals surface area contributed by atoms with Crippen LogP contribution in [0.25, 0.3) is 32.9 Å². The second-order valence-electron chi connectivity index (χ2n) is 7.52. The number of ether oxygens (including phenoxy) is 1. The molecule has 1 aliphatic rings. The van der Waals surface area contributed by atoms with Crippen LogP contribution in [0.5, 0.6) is 0 Å². The van der Waals surface area contributed by atoms with Crippen molar-refractivity contribution in [2.75, 3.05) is 12.3 Å². The van der Waals surface area contributed by atoms with Crippen molar-refractivity contribution < 1.29 is 20.1 Å². The number of fused-ring (bicyclic) bond motifs is 2. The van der Waals surface area contributed by atoms with Crippen LogP contribution in [-0.4, -0.2) is 42.1 Å². The van der Waals surface area contributed by atoms with Crippen molar-refractivity contribution in [2.45, 2.75) is 18.8 Å². The Balaban J connectivity index is 1.73. The quantitative estimate of drug-likeness (QED) is 0.413. The first-order valence-electron chi connectivity index (χ1n) is 9.44. The van der Waals surface area contributed by atoms with Gasteiger partial charge in [-0.2, -0.15) is 0 Å². The highest BCUT2D eigenvalue weighted by atomic mass is 16.6. The summed E-state index contributed by atoms with van der Waals surface area (Å²) in [4.78, 5) is 8.48. The van der Waals surface area contributed by atoms with Crippen molar-refractivity contribution in [1.29, 1.82) is 0 Å². The molecular formula is C22H20N4O4. The van der Waals surface area contributed by atoms with Crippen LogP contribution in [0.3, 0.4) is 0 Å². The number of nitrogens with two attached hydrogens (primary N) is 1. The van der Waals surface area contributed by atoms with Gasteiger partial charge in [-0.15, -0.1) is 0 Å². The van der Waals surface area contributed by atoms with Crippen molar-refractivity contribution in [1.82, 2.24) is 14.5 Å². The lowest BCUT2D eigenvalue weighted by Gasteiger charge is -2.26. The van der Waals surface area contributed by atoms with Crippen LogP contribution in [-0.2, 0) is 4.74 Å². The largest absolute Gasteiger partial charge is 0.506 e. The highest BCUT2D eigenvalue weighted by Gasteiger charge is 2.48. The molecule has 2 aromatic carbocycles. The average molecular weight is 404 g/mol. The lowest BCUT2D eigenvalue weighted by atomic mass is 10.0. The van der Waals surface area contributed by atoms with Crippen LogP contribution >= 0.6 is 0 Å². The molecule has 0 fully saturated rings. The summed E-state index contributed by atoms with van der Waals surface area (Å²) in [7, 11) is 0. The summed E-state index contributed by atoms with van der Waals surface area (Å²) in [5, 5.41) is 33.4. The Morgan fingerprint density at radius 2 is 1.93 bits per heavy atom. The van der Waals surface area contributed by atoms with Gasteiger partial charge in [0.25, 0.3) is 0 Å². The number of aliphatic hydroxyl groups excluding tert-OH is 2. The molecule has 4 aromatic rings. The molecule has 152 valence electrons. The van der Waals surface area contributed by atoms with Crippen LogP contribution in [0.4, 0.5) is 5.82 Å². The third-order valence-corrected chi connectivity index (χ3v) is 5.57. The van der Waals surface area contributed by atoms with Crippen molar-refractivity contribution in [2.24, 2.45) is 0 Å². The minimum atomic E-state index is -1.76. The van der Waals surface area contributed by atoms with E-state index in [1.807, 2.05) is 42.5 Å². The first-order chi connectivity index (χ1) is 14.4. The van der Waals surface area contributed by atoms with E-state index in [0.717, 1.165) is 21.9 Å². The Morgan fingerprint density at radius 3 is 2.67 bits per heavy atom. The molecular weight excluding hydrogens is 384 g/mol. The minimum Gasteiger partial charge on any atom is -0.506 e. The number of anilines is 1. The SMILES string of the molecule is CC1(O)C(O)=C(CO)O[C@H]1n1cc(-c2ccc3ccccc3c2)c2c(N)ncnc21. The lowest BCUT2D eigenvalue weighted by Crippen LogP contribution is -2.35. The summed E-state index contributed by atoms with van der Waals surface area (Å²) in [5.74, 6) is -0.202. The Hall–Kier alpha value is -3.62.